The molecule has 4 nitrogen and oxygen atoms in total. The molecule has 6 heteroatoms. The zero-order valence-electron chi connectivity index (χ0n) is 12.0. The lowest BCUT2D eigenvalue weighted by molar-refractivity contribution is -0.115. The van der Waals surface area contributed by atoms with Crippen LogP contribution in [0.25, 0.3) is 0 Å². The average Bonchev–Trinajstić information content (AvgIpc) is 2.50. The Morgan fingerprint density at radius 2 is 2.05 bits per heavy atom. The predicted octanol–water partition coefficient (Wildman–Crippen LogP) is 3.52. The quantitative estimate of drug-likeness (QED) is 0.857. The first-order chi connectivity index (χ1) is 10.6. The van der Waals surface area contributed by atoms with Gasteiger partial charge in [-0.25, -0.2) is 9.37 Å². The van der Waals surface area contributed by atoms with Crippen molar-refractivity contribution in [2.45, 2.75) is 18.4 Å². The molecule has 1 N–H and O–H groups in total. The molecule has 0 saturated heterocycles. The molecule has 22 heavy (non-hydrogen) atoms. The maximum atomic E-state index is 12.8. The zero-order chi connectivity index (χ0) is 15.9. The molecule has 0 unspecified atom stereocenters. The van der Waals surface area contributed by atoms with E-state index in [1.807, 2.05) is 6.92 Å². The molecule has 0 bridgehead atoms. The van der Waals surface area contributed by atoms with Crippen LogP contribution in [0.2, 0.25) is 0 Å². The Hall–Kier alpha value is -2.39. The lowest BCUT2D eigenvalue weighted by Gasteiger charge is -2.06. The van der Waals surface area contributed by atoms with Crippen LogP contribution in [-0.2, 0) is 4.79 Å². The molecular weight excluding hydrogens is 301 g/mol. The zero-order valence-corrected chi connectivity index (χ0v) is 12.8. The Morgan fingerprint density at radius 1 is 1.32 bits per heavy atom. The lowest BCUT2D eigenvalue weighted by atomic mass is 10.3. The normalized spacial score (nSPS) is 10.0. The third kappa shape index (κ3) is 4.57. The van der Waals surface area contributed by atoms with Gasteiger partial charge in [0.15, 0.2) is 0 Å². The molecular formula is C16H14FN3OS. The molecule has 2 rings (SSSR count). The van der Waals surface area contributed by atoms with Gasteiger partial charge in [0.05, 0.1) is 5.56 Å². The van der Waals surface area contributed by atoms with Crippen molar-refractivity contribution in [3.63, 3.8) is 0 Å². The Balaban J connectivity index is 1.86. The second-order valence-corrected chi connectivity index (χ2v) is 5.65. The molecule has 112 valence electrons. The van der Waals surface area contributed by atoms with Crippen LogP contribution >= 0.6 is 11.8 Å². The Morgan fingerprint density at radius 3 is 2.73 bits per heavy atom. The summed E-state index contributed by atoms with van der Waals surface area (Å²) in [5, 5.41) is 12.3. The number of benzene rings is 1. The van der Waals surface area contributed by atoms with Gasteiger partial charge in [0, 0.05) is 23.6 Å². The molecule has 0 atom stereocenters. The number of pyridine rings is 1. The number of amides is 1. The molecule has 1 amide bonds. The third-order valence-corrected chi connectivity index (χ3v) is 3.81. The minimum Gasteiger partial charge on any atom is -0.326 e. The maximum absolute atomic E-state index is 12.8. The van der Waals surface area contributed by atoms with E-state index in [-0.39, 0.29) is 18.1 Å². The average molecular weight is 315 g/mol. The molecule has 1 aromatic carbocycles. The van der Waals surface area contributed by atoms with E-state index >= 15 is 0 Å². The number of carbonyl (C=O) groups is 1. The number of nitrogens with zero attached hydrogens (tertiary/aromatic N) is 2. The first-order valence-corrected chi connectivity index (χ1v) is 7.63. The summed E-state index contributed by atoms with van der Waals surface area (Å²) in [6.07, 6.45) is 0.280. The molecule has 0 spiro atoms. The fourth-order valence-electron chi connectivity index (χ4n) is 1.73. The van der Waals surface area contributed by atoms with Crippen molar-refractivity contribution in [3.05, 3.63) is 53.5 Å². The fraction of sp³-hybridized carbons (Fsp3) is 0.188. The largest absolute Gasteiger partial charge is 0.326 e. The van der Waals surface area contributed by atoms with Gasteiger partial charge in [0.25, 0.3) is 0 Å². The van der Waals surface area contributed by atoms with Crippen LogP contribution < -0.4 is 5.32 Å². The van der Waals surface area contributed by atoms with Gasteiger partial charge in [-0.3, -0.25) is 4.79 Å². The molecule has 2 aromatic rings. The molecule has 1 aromatic heterocycles. The molecule has 0 saturated carbocycles. The highest BCUT2D eigenvalue weighted by Gasteiger charge is 2.07. The fourth-order valence-corrected chi connectivity index (χ4v) is 2.68. The monoisotopic (exact) mass is 315 g/mol. The highest BCUT2D eigenvalue weighted by atomic mass is 32.2. The smallest absolute Gasteiger partial charge is 0.225 e. The molecule has 0 fully saturated rings. The Labute approximate surface area is 132 Å². The van der Waals surface area contributed by atoms with E-state index in [1.54, 1.807) is 12.1 Å². The van der Waals surface area contributed by atoms with Crippen LogP contribution in [0, 0.1) is 24.1 Å². The second kappa shape index (κ2) is 7.57. The highest BCUT2D eigenvalue weighted by Crippen LogP contribution is 2.21. The van der Waals surface area contributed by atoms with E-state index in [4.69, 9.17) is 5.26 Å². The van der Waals surface area contributed by atoms with Crippen molar-refractivity contribution in [2.24, 2.45) is 0 Å². The molecule has 0 aliphatic heterocycles. The summed E-state index contributed by atoms with van der Waals surface area (Å²) in [5.74, 6) is 0.00593. The number of nitrogens with one attached hydrogen (secondary N) is 1. The van der Waals surface area contributed by atoms with Gasteiger partial charge < -0.3 is 5.32 Å². The summed E-state index contributed by atoms with van der Waals surface area (Å²) in [7, 11) is 0. The standard InChI is InChI=1S/C16H14FN3OS/c1-11-2-3-12(10-18)16(19-11)22-9-8-15(21)20-14-6-4-13(17)5-7-14/h2-7H,8-9H2,1H3,(H,20,21). The van der Waals surface area contributed by atoms with Crippen LogP contribution in [0.15, 0.2) is 41.4 Å². The number of anilines is 1. The van der Waals surface area contributed by atoms with Gasteiger partial charge in [-0.05, 0) is 43.3 Å². The Kier molecular flexibility index (Phi) is 5.50. The van der Waals surface area contributed by atoms with Gasteiger partial charge >= 0.3 is 0 Å². The van der Waals surface area contributed by atoms with E-state index in [0.717, 1.165) is 5.69 Å². The number of aryl methyl sites for hydroxylation is 1. The van der Waals surface area contributed by atoms with Crippen molar-refractivity contribution in [1.29, 1.82) is 5.26 Å². The number of halogens is 1. The molecule has 0 aliphatic rings. The van der Waals surface area contributed by atoms with Gasteiger partial charge in [-0.1, -0.05) is 0 Å². The molecule has 0 radical (unpaired) electrons. The first kappa shape index (κ1) is 16.0. The predicted molar refractivity (Wildman–Crippen MR) is 84.1 cm³/mol. The molecule has 1 heterocycles. The highest BCUT2D eigenvalue weighted by molar-refractivity contribution is 7.99. The first-order valence-electron chi connectivity index (χ1n) is 6.64. The Bertz CT molecular complexity index is 710. The number of rotatable bonds is 5. The van der Waals surface area contributed by atoms with E-state index in [0.29, 0.717) is 22.0 Å². The minimum absolute atomic E-state index is 0.162. The summed E-state index contributed by atoms with van der Waals surface area (Å²) in [4.78, 5) is 16.1. The van der Waals surface area contributed by atoms with Crippen molar-refractivity contribution in [1.82, 2.24) is 4.98 Å². The summed E-state index contributed by atoms with van der Waals surface area (Å²) >= 11 is 1.37. The summed E-state index contributed by atoms with van der Waals surface area (Å²) in [6, 6.07) is 11.2. The van der Waals surface area contributed by atoms with Gasteiger partial charge in [-0.15, -0.1) is 11.8 Å². The van der Waals surface area contributed by atoms with Crippen LogP contribution in [-0.4, -0.2) is 16.6 Å². The van der Waals surface area contributed by atoms with E-state index < -0.39 is 0 Å². The van der Waals surface area contributed by atoms with Gasteiger partial charge in [-0.2, -0.15) is 5.26 Å². The van der Waals surface area contributed by atoms with Gasteiger partial charge in [0.1, 0.15) is 16.9 Å². The van der Waals surface area contributed by atoms with Crippen LogP contribution in [0.1, 0.15) is 17.7 Å². The third-order valence-electron chi connectivity index (χ3n) is 2.82. The van der Waals surface area contributed by atoms with E-state index in [9.17, 15) is 9.18 Å². The topological polar surface area (TPSA) is 65.8 Å². The number of hydrogen-bond acceptors (Lipinski definition) is 4. The number of thioether (sulfide) groups is 1. The van der Waals surface area contributed by atoms with Crippen molar-refractivity contribution in [2.75, 3.05) is 11.1 Å². The lowest BCUT2D eigenvalue weighted by Crippen LogP contribution is -2.12. The minimum atomic E-state index is -0.344. The van der Waals surface area contributed by atoms with Crippen LogP contribution in [0.4, 0.5) is 10.1 Å². The van der Waals surface area contributed by atoms with Crippen LogP contribution in [0.3, 0.4) is 0 Å². The van der Waals surface area contributed by atoms with E-state index in [1.165, 1.54) is 36.0 Å². The van der Waals surface area contributed by atoms with Crippen molar-refractivity contribution in [3.8, 4) is 6.07 Å². The number of hydrogen-bond donors (Lipinski definition) is 1. The molecule has 0 aliphatic carbocycles. The second-order valence-electron chi connectivity index (χ2n) is 4.57. The number of nitriles is 1. The van der Waals surface area contributed by atoms with Crippen molar-refractivity contribution < 1.29 is 9.18 Å². The SMILES string of the molecule is Cc1ccc(C#N)c(SCCC(=O)Nc2ccc(F)cc2)n1. The summed E-state index contributed by atoms with van der Waals surface area (Å²) in [5.41, 5.74) is 1.90. The van der Waals surface area contributed by atoms with E-state index in [2.05, 4.69) is 16.4 Å². The van der Waals surface area contributed by atoms with Gasteiger partial charge in [0.2, 0.25) is 5.91 Å². The summed E-state index contributed by atoms with van der Waals surface area (Å²) in [6.45, 7) is 1.85. The maximum Gasteiger partial charge on any atom is 0.225 e. The van der Waals surface area contributed by atoms with Crippen molar-refractivity contribution >= 4 is 23.4 Å². The number of aromatic nitrogens is 1. The number of carbonyl (C=O) groups excluding carboxylic acids is 1. The van der Waals surface area contributed by atoms with Crippen LogP contribution in [0.5, 0.6) is 0 Å². The summed E-state index contributed by atoms with van der Waals surface area (Å²) < 4.78 is 12.8.